The number of hydrogen-bond acceptors (Lipinski definition) is 5. The van der Waals surface area contributed by atoms with Crippen molar-refractivity contribution in [1.82, 2.24) is 5.43 Å². The van der Waals surface area contributed by atoms with E-state index in [1.165, 1.54) is 12.3 Å². The minimum atomic E-state index is -0.472. The zero-order valence-electron chi connectivity index (χ0n) is 16.0. The van der Waals surface area contributed by atoms with E-state index >= 15 is 0 Å². The molecule has 0 saturated carbocycles. The van der Waals surface area contributed by atoms with E-state index in [4.69, 9.17) is 0 Å². The van der Waals surface area contributed by atoms with E-state index in [1.54, 1.807) is 19.1 Å². The van der Waals surface area contributed by atoms with Gasteiger partial charge in [-0.1, -0.05) is 24.3 Å². The van der Waals surface area contributed by atoms with Gasteiger partial charge >= 0.3 is 0 Å². The topological polar surface area (TPSA) is 114 Å². The molecule has 0 heterocycles. The zero-order chi connectivity index (χ0) is 20.7. The molecule has 2 aromatic carbocycles. The summed E-state index contributed by atoms with van der Waals surface area (Å²) in [6.45, 7) is 5.47. The molecule has 2 rings (SSSR count). The summed E-state index contributed by atoms with van der Waals surface area (Å²) in [6, 6.07) is 10.4. The van der Waals surface area contributed by atoms with Gasteiger partial charge in [-0.15, -0.1) is 0 Å². The predicted octanol–water partition coefficient (Wildman–Crippen LogP) is 3.39. The lowest BCUT2D eigenvalue weighted by molar-refractivity contribution is -0.385. The van der Waals surface area contributed by atoms with Crippen LogP contribution in [-0.4, -0.2) is 23.0 Å². The first-order valence-electron chi connectivity index (χ1n) is 8.70. The Labute approximate surface area is 162 Å². The van der Waals surface area contributed by atoms with Crippen molar-refractivity contribution >= 4 is 29.4 Å². The quantitative estimate of drug-likeness (QED) is 0.434. The third-order valence-corrected chi connectivity index (χ3v) is 4.08. The van der Waals surface area contributed by atoms with Crippen molar-refractivity contribution in [3.05, 3.63) is 68.8 Å². The minimum absolute atomic E-state index is 0.0154. The summed E-state index contributed by atoms with van der Waals surface area (Å²) in [7, 11) is 0. The molecule has 0 aliphatic rings. The molecule has 0 unspecified atom stereocenters. The highest BCUT2D eigenvalue weighted by Crippen LogP contribution is 2.18. The fourth-order valence-corrected chi connectivity index (χ4v) is 2.45. The molecule has 2 amide bonds. The molecule has 2 N–H and O–H groups in total. The highest BCUT2D eigenvalue weighted by atomic mass is 16.6. The Balaban J connectivity index is 1.83. The number of hydrogen-bond donors (Lipinski definition) is 2. The average Bonchev–Trinajstić information content (AvgIpc) is 2.64. The number of nitrogens with zero attached hydrogens (tertiary/aromatic N) is 2. The standard InChI is InChI=1S/C20H22N4O4/c1-13-4-5-14(2)17(10-13)22-19(25)8-9-20(26)23-21-12-16-7-6-15(3)18(11-16)24(27)28/h4-7,10-12H,8-9H2,1-3H3,(H,22,25)(H,23,26). The van der Waals surface area contributed by atoms with Gasteiger partial charge in [-0.2, -0.15) is 5.10 Å². The molecule has 0 fully saturated rings. The number of anilines is 1. The SMILES string of the molecule is Cc1ccc(C)c(NC(=O)CCC(=O)NN=Cc2ccc(C)c([N+](=O)[O-])c2)c1. The molecule has 0 bridgehead atoms. The third kappa shape index (κ3) is 6.01. The van der Waals surface area contributed by atoms with Gasteiger partial charge in [0.15, 0.2) is 0 Å². The first kappa shape index (κ1) is 20.8. The molecule has 0 aliphatic carbocycles. The van der Waals surface area contributed by atoms with Gasteiger partial charge in [0.05, 0.1) is 11.1 Å². The van der Waals surface area contributed by atoms with E-state index in [-0.39, 0.29) is 24.4 Å². The van der Waals surface area contributed by atoms with E-state index in [0.29, 0.717) is 11.1 Å². The summed E-state index contributed by atoms with van der Waals surface area (Å²) < 4.78 is 0. The van der Waals surface area contributed by atoms with E-state index in [0.717, 1.165) is 16.8 Å². The van der Waals surface area contributed by atoms with E-state index < -0.39 is 10.8 Å². The Hall–Kier alpha value is -3.55. The molecule has 0 aromatic heterocycles. The maximum atomic E-state index is 12.0. The molecular weight excluding hydrogens is 360 g/mol. The van der Waals surface area contributed by atoms with Crippen molar-refractivity contribution in [3.8, 4) is 0 Å². The van der Waals surface area contributed by atoms with E-state index in [1.807, 2.05) is 32.0 Å². The van der Waals surface area contributed by atoms with Gasteiger partial charge in [-0.3, -0.25) is 19.7 Å². The summed E-state index contributed by atoms with van der Waals surface area (Å²) in [5, 5.41) is 17.5. The summed E-state index contributed by atoms with van der Waals surface area (Å²) in [5.74, 6) is -0.684. The summed E-state index contributed by atoms with van der Waals surface area (Å²) >= 11 is 0. The minimum Gasteiger partial charge on any atom is -0.326 e. The number of hydrazone groups is 1. The highest BCUT2D eigenvalue weighted by Gasteiger charge is 2.10. The molecule has 146 valence electrons. The average molecular weight is 382 g/mol. The maximum Gasteiger partial charge on any atom is 0.272 e. The van der Waals surface area contributed by atoms with Crippen molar-refractivity contribution in [1.29, 1.82) is 0 Å². The largest absolute Gasteiger partial charge is 0.326 e. The number of benzene rings is 2. The Morgan fingerprint density at radius 2 is 1.71 bits per heavy atom. The number of nitro groups is 1. The van der Waals surface area contributed by atoms with E-state index in [2.05, 4.69) is 15.8 Å². The van der Waals surface area contributed by atoms with Crippen molar-refractivity contribution in [2.75, 3.05) is 5.32 Å². The number of nitro benzene ring substituents is 1. The first-order chi connectivity index (χ1) is 13.3. The van der Waals surface area contributed by atoms with Crippen LogP contribution in [0, 0.1) is 30.9 Å². The van der Waals surface area contributed by atoms with Gasteiger partial charge in [0.2, 0.25) is 11.8 Å². The number of carbonyl (C=O) groups excluding carboxylic acids is 2. The fourth-order valence-electron chi connectivity index (χ4n) is 2.45. The summed E-state index contributed by atoms with van der Waals surface area (Å²) in [5.41, 5.74) is 6.04. The van der Waals surface area contributed by atoms with Crippen LogP contribution in [0.15, 0.2) is 41.5 Å². The predicted molar refractivity (Wildman–Crippen MR) is 107 cm³/mol. The van der Waals surface area contributed by atoms with Gasteiger partial charge in [0, 0.05) is 35.7 Å². The monoisotopic (exact) mass is 382 g/mol. The number of carbonyl (C=O) groups is 2. The van der Waals surface area contributed by atoms with Crippen LogP contribution in [0.25, 0.3) is 0 Å². The molecule has 0 atom stereocenters. The molecule has 0 radical (unpaired) electrons. The Morgan fingerprint density at radius 3 is 2.43 bits per heavy atom. The van der Waals surface area contributed by atoms with Gasteiger partial charge in [0.25, 0.3) is 5.69 Å². The second kappa shape index (κ2) is 9.40. The molecule has 0 saturated heterocycles. The van der Waals surface area contributed by atoms with Crippen molar-refractivity contribution in [3.63, 3.8) is 0 Å². The van der Waals surface area contributed by atoms with Crippen LogP contribution < -0.4 is 10.7 Å². The zero-order valence-corrected chi connectivity index (χ0v) is 16.0. The third-order valence-electron chi connectivity index (χ3n) is 4.08. The Morgan fingerprint density at radius 1 is 1.04 bits per heavy atom. The Kier molecular flexibility index (Phi) is 6.97. The normalized spacial score (nSPS) is 10.7. The Bertz CT molecular complexity index is 938. The van der Waals surface area contributed by atoms with Crippen molar-refractivity contribution in [2.45, 2.75) is 33.6 Å². The molecular formula is C20H22N4O4. The molecule has 0 spiro atoms. The van der Waals surface area contributed by atoms with Gasteiger partial charge in [0.1, 0.15) is 0 Å². The van der Waals surface area contributed by atoms with Crippen LogP contribution in [0.1, 0.15) is 35.1 Å². The number of rotatable bonds is 7. The maximum absolute atomic E-state index is 12.0. The molecule has 8 nitrogen and oxygen atoms in total. The van der Waals surface area contributed by atoms with Crippen molar-refractivity contribution < 1.29 is 14.5 Å². The van der Waals surface area contributed by atoms with Gasteiger partial charge < -0.3 is 5.32 Å². The van der Waals surface area contributed by atoms with Gasteiger partial charge in [-0.05, 0) is 38.0 Å². The second-order valence-corrected chi connectivity index (χ2v) is 6.46. The molecule has 28 heavy (non-hydrogen) atoms. The molecule has 0 aliphatic heterocycles. The van der Waals surface area contributed by atoms with Crippen LogP contribution in [0.2, 0.25) is 0 Å². The molecule has 2 aromatic rings. The van der Waals surface area contributed by atoms with Gasteiger partial charge in [-0.25, -0.2) is 5.43 Å². The smallest absolute Gasteiger partial charge is 0.272 e. The van der Waals surface area contributed by atoms with Crippen LogP contribution in [0.5, 0.6) is 0 Å². The van der Waals surface area contributed by atoms with Crippen molar-refractivity contribution in [2.24, 2.45) is 5.10 Å². The lowest BCUT2D eigenvalue weighted by Crippen LogP contribution is -2.21. The lowest BCUT2D eigenvalue weighted by atomic mass is 10.1. The van der Waals surface area contributed by atoms with Crippen LogP contribution >= 0.6 is 0 Å². The second-order valence-electron chi connectivity index (χ2n) is 6.46. The first-order valence-corrected chi connectivity index (χ1v) is 8.70. The fraction of sp³-hybridized carbons (Fsp3) is 0.250. The van der Waals surface area contributed by atoms with E-state index in [9.17, 15) is 19.7 Å². The number of amides is 2. The van der Waals surface area contributed by atoms with Crippen LogP contribution in [0.3, 0.4) is 0 Å². The lowest BCUT2D eigenvalue weighted by Gasteiger charge is -2.09. The highest BCUT2D eigenvalue weighted by molar-refractivity contribution is 5.94. The summed E-state index contributed by atoms with van der Waals surface area (Å²) in [6.07, 6.45) is 1.31. The van der Waals surface area contributed by atoms with Crippen LogP contribution in [-0.2, 0) is 9.59 Å². The van der Waals surface area contributed by atoms with Crippen LogP contribution in [0.4, 0.5) is 11.4 Å². The number of nitrogens with one attached hydrogen (secondary N) is 2. The summed E-state index contributed by atoms with van der Waals surface area (Å²) in [4.78, 5) is 34.3. The number of aryl methyl sites for hydroxylation is 3. The molecule has 8 heteroatoms.